The zero-order valence-corrected chi connectivity index (χ0v) is 12.7. The van der Waals surface area contributed by atoms with Gasteiger partial charge in [-0.05, 0) is 46.7 Å². The van der Waals surface area contributed by atoms with Crippen LogP contribution in [0.4, 0.5) is 8.78 Å². The molecule has 1 aromatic carbocycles. The Hall–Kier alpha value is -0.530. The normalized spacial score (nSPS) is 17.5. The van der Waals surface area contributed by atoms with Crippen LogP contribution in [0, 0.1) is 23.5 Å². The van der Waals surface area contributed by atoms with Gasteiger partial charge < -0.3 is 0 Å². The SMILES string of the molecule is CC(CNS(=O)(=O)c1c(F)cc(F)cc1Br)C1CC1. The van der Waals surface area contributed by atoms with Crippen LogP contribution in [0.2, 0.25) is 0 Å². The quantitative estimate of drug-likeness (QED) is 0.884. The molecule has 0 spiro atoms. The fraction of sp³-hybridized carbons (Fsp3) is 0.500. The predicted octanol–water partition coefficient (Wildman–Crippen LogP) is 3.05. The van der Waals surface area contributed by atoms with Gasteiger partial charge in [-0.15, -0.1) is 0 Å². The van der Waals surface area contributed by atoms with E-state index in [0.717, 1.165) is 18.9 Å². The van der Waals surface area contributed by atoms with E-state index in [1.807, 2.05) is 6.92 Å². The molecule has 106 valence electrons. The molecule has 1 fully saturated rings. The van der Waals surface area contributed by atoms with Crippen molar-refractivity contribution in [2.24, 2.45) is 11.8 Å². The number of hydrogen-bond acceptors (Lipinski definition) is 2. The minimum absolute atomic E-state index is 0.114. The summed E-state index contributed by atoms with van der Waals surface area (Å²) in [4.78, 5) is -0.545. The highest BCUT2D eigenvalue weighted by Crippen LogP contribution is 2.36. The van der Waals surface area contributed by atoms with E-state index in [9.17, 15) is 17.2 Å². The van der Waals surface area contributed by atoms with Crippen LogP contribution in [0.5, 0.6) is 0 Å². The minimum Gasteiger partial charge on any atom is -0.211 e. The summed E-state index contributed by atoms with van der Waals surface area (Å²) in [6.07, 6.45) is 2.22. The molecule has 0 heterocycles. The molecule has 1 aliphatic rings. The first-order valence-electron chi connectivity index (χ1n) is 5.95. The lowest BCUT2D eigenvalue weighted by Gasteiger charge is -2.13. The third-order valence-electron chi connectivity index (χ3n) is 3.25. The van der Waals surface area contributed by atoms with Crippen molar-refractivity contribution >= 4 is 26.0 Å². The van der Waals surface area contributed by atoms with Crippen LogP contribution in [0.25, 0.3) is 0 Å². The summed E-state index contributed by atoms with van der Waals surface area (Å²) >= 11 is 2.88. The highest BCUT2D eigenvalue weighted by atomic mass is 79.9. The molecular weight excluding hydrogens is 340 g/mol. The van der Waals surface area contributed by atoms with Crippen molar-refractivity contribution in [1.29, 1.82) is 0 Å². The Morgan fingerprint density at radius 2 is 2.05 bits per heavy atom. The van der Waals surface area contributed by atoms with Crippen LogP contribution in [0.1, 0.15) is 19.8 Å². The van der Waals surface area contributed by atoms with Gasteiger partial charge in [0.15, 0.2) is 0 Å². The van der Waals surface area contributed by atoms with Crippen LogP contribution in [0.15, 0.2) is 21.5 Å². The average molecular weight is 354 g/mol. The summed E-state index contributed by atoms with van der Waals surface area (Å²) in [5, 5.41) is 0. The molecule has 1 aliphatic carbocycles. The molecule has 0 radical (unpaired) electrons. The highest BCUT2D eigenvalue weighted by Gasteiger charge is 2.30. The first kappa shape index (κ1) is 14.9. The largest absolute Gasteiger partial charge is 0.244 e. The lowest BCUT2D eigenvalue weighted by Crippen LogP contribution is -2.30. The topological polar surface area (TPSA) is 46.2 Å². The number of nitrogens with one attached hydrogen (secondary N) is 1. The maximum absolute atomic E-state index is 13.6. The van der Waals surface area contributed by atoms with Gasteiger partial charge in [-0.1, -0.05) is 6.92 Å². The molecule has 1 unspecified atom stereocenters. The van der Waals surface area contributed by atoms with E-state index in [1.54, 1.807) is 0 Å². The van der Waals surface area contributed by atoms with E-state index in [-0.39, 0.29) is 16.9 Å². The van der Waals surface area contributed by atoms with Gasteiger partial charge in [-0.2, -0.15) is 0 Å². The number of benzene rings is 1. The summed E-state index contributed by atoms with van der Waals surface area (Å²) in [6.45, 7) is 2.21. The molecule has 3 nitrogen and oxygen atoms in total. The Bertz CT molecular complexity index is 564. The fourth-order valence-electron chi connectivity index (χ4n) is 1.93. The molecule has 0 saturated heterocycles. The lowest BCUT2D eigenvalue weighted by atomic mass is 10.1. The number of rotatable bonds is 5. The highest BCUT2D eigenvalue weighted by molar-refractivity contribution is 9.10. The van der Waals surface area contributed by atoms with Crippen LogP contribution in [-0.4, -0.2) is 15.0 Å². The Balaban J connectivity index is 2.19. The molecule has 19 heavy (non-hydrogen) atoms. The van der Waals surface area contributed by atoms with E-state index in [0.29, 0.717) is 12.0 Å². The Morgan fingerprint density at radius 1 is 1.42 bits per heavy atom. The molecule has 2 rings (SSSR count). The maximum Gasteiger partial charge on any atom is 0.244 e. The van der Waals surface area contributed by atoms with Crippen molar-refractivity contribution in [2.45, 2.75) is 24.7 Å². The van der Waals surface area contributed by atoms with Gasteiger partial charge in [0.05, 0.1) is 0 Å². The van der Waals surface area contributed by atoms with Crippen molar-refractivity contribution in [3.05, 3.63) is 28.2 Å². The zero-order chi connectivity index (χ0) is 14.2. The van der Waals surface area contributed by atoms with E-state index >= 15 is 0 Å². The first-order valence-corrected chi connectivity index (χ1v) is 8.23. The molecule has 1 aromatic rings. The van der Waals surface area contributed by atoms with Gasteiger partial charge in [0, 0.05) is 17.1 Å². The Morgan fingerprint density at radius 3 is 2.58 bits per heavy atom. The molecule has 1 saturated carbocycles. The predicted molar refractivity (Wildman–Crippen MR) is 71.1 cm³/mol. The molecule has 0 amide bonds. The summed E-state index contributed by atoms with van der Waals surface area (Å²) in [5.74, 6) is -1.16. The van der Waals surface area contributed by atoms with Gasteiger partial charge >= 0.3 is 0 Å². The summed E-state index contributed by atoms with van der Waals surface area (Å²) in [7, 11) is -3.98. The fourth-order valence-corrected chi connectivity index (χ4v) is 4.24. The van der Waals surface area contributed by atoms with Gasteiger partial charge in [-0.3, -0.25) is 0 Å². The van der Waals surface area contributed by atoms with Crippen LogP contribution < -0.4 is 4.72 Å². The molecule has 0 aromatic heterocycles. The van der Waals surface area contributed by atoms with Crippen LogP contribution in [0.3, 0.4) is 0 Å². The van der Waals surface area contributed by atoms with Gasteiger partial charge in [-0.25, -0.2) is 21.9 Å². The number of hydrogen-bond donors (Lipinski definition) is 1. The van der Waals surface area contributed by atoms with Crippen molar-refractivity contribution < 1.29 is 17.2 Å². The second kappa shape index (κ2) is 5.46. The van der Waals surface area contributed by atoms with E-state index < -0.39 is 26.6 Å². The first-order chi connectivity index (χ1) is 8.81. The van der Waals surface area contributed by atoms with Crippen LogP contribution in [-0.2, 0) is 10.0 Å². The second-order valence-corrected chi connectivity index (χ2v) is 7.42. The van der Waals surface area contributed by atoms with E-state index in [4.69, 9.17) is 0 Å². The van der Waals surface area contributed by atoms with E-state index in [1.165, 1.54) is 0 Å². The van der Waals surface area contributed by atoms with Crippen molar-refractivity contribution in [3.63, 3.8) is 0 Å². The monoisotopic (exact) mass is 353 g/mol. The Kier molecular flexibility index (Phi) is 4.27. The zero-order valence-electron chi connectivity index (χ0n) is 10.3. The molecule has 0 aliphatic heterocycles. The van der Waals surface area contributed by atoms with Crippen molar-refractivity contribution in [2.75, 3.05) is 6.54 Å². The summed E-state index contributed by atoms with van der Waals surface area (Å²) < 4.78 is 52.9. The third-order valence-corrected chi connectivity index (χ3v) is 5.64. The second-order valence-electron chi connectivity index (χ2n) is 4.87. The molecule has 7 heteroatoms. The smallest absolute Gasteiger partial charge is 0.211 e. The Labute approximate surface area is 119 Å². The van der Waals surface area contributed by atoms with Crippen molar-refractivity contribution in [1.82, 2.24) is 4.72 Å². The molecule has 0 bridgehead atoms. The number of halogens is 3. The molecule has 1 atom stereocenters. The standard InChI is InChI=1S/C12H14BrF2NO2S/c1-7(8-2-3-8)6-16-19(17,18)12-10(13)4-9(14)5-11(12)15/h4-5,7-8,16H,2-3,6H2,1H3. The number of sulfonamides is 1. The third kappa shape index (κ3) is 3.52. The molecule has 1 N–H and O–H groups in total. The minimum atomic E-state index is -3.98. The van der Waals surface area contributed by atoms with Gasteiger partial charge in [0.2, 0.25) is 10.0 Å². The van der Waals surface area contributed by atoms with Gasteiger partial charge in [0.25, 0.3) is 0 Å². The van der Waals surface area contributed by atoms with Gasteiger partial charge in [0.1, 0.15) is 16.5 Å². The van der Waals surface area contributed by atoms with Crippen LogP contribution >= 0.6 is 15.9 Å². The summed E-state index contributed by atoms with van der Waals surface area (Å²) in [5.41, 5.74) is 0. The molecular formula is C12H14BrF2NO2S. The van der Waals surface area contributed by atoms with E-state index in [2.05, 4.69) is 20.7 Å². The lowest BCUT2D eigenvalue weighted by molar-refractivity contribution is 0.488. The maximum atomic E-state index is 13.6. The summed E-state index contributed by atoms with van der Waals surface area (Å²) in [6, 6.07) is 1.49. The average Bonchev–Trinajstić information content (AvgIpc) is 3.07. The van der Waals surface area contributed by atoms with Crippen molar-refractivity contribution in [3.8, 4) is 0 Å².